The predicted octanol–water partition coefficient (Wildman–Crippen LogP) is 3.31. The van der Waals surface area contributed by atoms with Crippen LogP contribution in [0.2, 0.25) is 0 Å². The molecule has 3 aromatic rings. The molecule has 0 atom stereocenters. The largest absolute Gasteiger partial charge is 0.302 e. The molecule has 4 rings (SSSR count). The summed E-state index contributed by atoms with van der Waals surface area (Å²) in [5.74, 6) is -0.494. The normalized spacial score (nSPS) is 16.2. The summed E-state index contributed by atoms with van der Waals surface area (Å²) in [4.78, 5) is 18.0. The van der Waals surface area contributed by atoms with Crippen molar-refractivity contribution < 1.29 is 21.6 Å². The van der Waals surface area contributed by atoms with E-state index in [0.29, 0.717) is 18.0 Å². The second kappa shape index (κ2) is 9.02. The van der Waals surface area contributed by atoms with Gasteiger partial charge >= 0.3 is 0 Å². The third kappa shape index (κ3) is 4.94. The lowest BCUT2D eigenvalue weighted by Crippen LogP contribution is -2.41. The van der Waals surface area contributed by atoms with Gasteiger partial charge in [0.1, 0.15) is 0 Å². The third-order valence-corrected chi connectivity index (χ3v) is 9.86. The predicted molar refractivity (Wildman–Crippen MR) is 125 cm³/mol. The molecule has 1 fully saturated rings. The fourth-order valence-electron chi connectivity index (χ4n) is 3.45. The van der Waals surface area contributed by atoms with Crippen molar-refractivity contribution in [2.45, 2.75) is 22.6 Å². The first-order chi connectivity index (χ1) is 15.1. The molecule has 2 aromatic heterocycles. The van der Waals surface area contributed by atoms with Crippen molar-refractivity contribution in [1.82, 2.24) is 9.29 Å². The monoisotopic (exact) mass is 511 g/mol. The van der Waals surface area contributed by atoms with Crippen LogP contribution in [-0.2, 0) is 24.7 Å². The number of nitrogens with one attached hydrogen (secondary N) is 1. The maximum absolute atomic E-state index is 13.0. The van der Waals surface area contributed by atoms with Crippen molar-refractivity contribution in [1.29, 1.82) is 0 Å². The van der Waals surface area contributed by atoms with Gasteiger partial charge in [-0.2, -0.15) is 4.31 Å². The lowest BCUT2D eigenvalue weighted by atomic mass is 9.97. The number of aromatic nitrogens is 1. The fourth-order valence-corrected chi connectivity index (χ4v) is 7.18. The number of sulfonamides is 1. The number of amides is 1. The number of hydrogen-bond acceptors (Lipinski definition) is 8. The zero-order valence-electron chi connectivity index (χ0n) is 17.1. The van der Waals surface area contributed by atoms with Gasteiger partial charge in [0.15, 0.2) is 15.0 Å². The number of thiazole rings is 1. The lowest BCUT2D eigenvalue weighted by Gasteiger charge is -2.30. The molecule has 0 radical (unpaired) electrons. The Morgan fingerprint density at radius 2 is 1.78 bits per heavy atom. The molecule has 0 bridgehead atoms. The highest BCUT2D eigenvalue weighted by Crippen LogP contribution is 2.30. The average Bonchev–Trinajstić information content (AvgIpc) is 3.45. The summed E-state index contributed by atoms with van der Waals surface area (Å²) in [5.41, 5.74) is 0.817. The van der Waals surface area contributed by atoms with Gasteiger partial charge in [0.05, 0.1) is 20.4 Å². The molecule has 0 spiro atoms. The number of rotatable bonds is 6. The Morgan fingerprint density at radius 3 is 2.44 bits per heavy atom. The Labute approximate surface area is 194 Å². The number of carbonyl (C=O) groups is 1. The molecule has 1 N–H and O–H groups in total. The van der Waals surface area contributed by atoms with Crippen LogP contribution in [0.1, 0.15) is 12.8 Å². The Balaban J connectivity index is 1.39. The molecule has 8 nitrogen and oxygen atoms in total. The minimum atomic E-state index is -3.85. The van der Waals surface area contributed by atoms with Crippen LogP contribution in [0.3, 0.4) is 0 Å². The number of benzene rings is 1. The second-order valence-electron chi connectivity index (χ2n) is 7.43. The zero-order valence-corrected chi connectivity index (χ0v) is 20.4. The Bertz CT molecular complexity index is 1320. The maximum Gasteiger partial charge on any atom is 0.243 e. The van der Waals surface area contributed by atoms with Crippen molar-refractivity contribution >= 4 is 53.6 Å². The van der Waals surface area contributed by atoms with E-state index >= 15 is 0 Å². The Hall–Kier alpha value is -2.12. The number of hydrogen-bond donors (Lipinski definition) is 1. The van der Waals surface area contributed by atoms with E-state index in [-0.39, 0.29) is 34.7 Å². The van der Waals surface area contributed by atoms with Crippen LogP contribution in [0.15, 0.2) is 56.9 Å². The van der Waals surface area contributed by atoms with Crippen LogP contribution in [-0.4, -0.2) is 51.4 Å². The van der Waals surface area contributed by atoms with Crippen LogP contribution in [0, 0.1) is 5.92 Å². The number of sulfone groups is 1. The van der Waals surface area contributed by atoms with E-state index in [1.165, 1.54) is 39.9 Å². The molecule has 170 valence electrons. The summed E-state index contributed by atoms with van der Waals surface area (Å²) in [7, 11) is -7.37. The molecular weight excluding hydrogens is 491 g/mol. The molecule has 0 aliphatic carbocycles. The van der Waals surface area contributed by atoms with Gasteiger partial charge in [-0.1, -0.05) is 12.1 Å². The van der Waals surface area contributed by atoms with E-state index in [4.69, 9.17) is 0 Å². The highest BCUT2D eigenvalue weighted by molar-refractivity contribution is 7.91. The summed E-state index contributed by atoms with van der Waals surface area (Å²) < 4.78 is 50.8. The second-order valence-corrected chi connectivity index (χ2v) is 13.2. The SMILES string of the molecule is CS(=O)(=O)c1cccc(S(=O)(=O)N2CCC(C(=O)Nc3nc(-c4cccs4)cs3)CC2)c1. The highest BCUT2D eigenvalue weighted by Gasteiger charge is 2.32. The minimum Gasteiger partial charge on any atom is -0.302 e. The van der Waals surface area contributed by atoms with Crippen LogP contribution >= 0.6 is 22.7 Å². The van der Waals surface area contributed by atoms with Crippen molar-refractivity contribution in [2.75, 3.05) is 24.7 Å². The van der Waals surface area contributed by atoms with Crippen molar-refractivity contribution in [3.05, 3.63) is 47.2 Å². The van der Waals surface area contributed by atoms with Gasteiger partial charge in [0.25, 0.3) is 0 Å². The number of thiophene rings is 1. The van der Waals surface area contributed by atoms with E-state index in [1.807, 2.05) is 22.9 Å². The van der Waals surface area contributed by atoms with Gasteiger partial charge in [-0.05, 0) is 42.5 Å². The first-order valence-electron chi connectivity index (χ1n) is 9.75. The molecule has 12 heteroatoms. The Kier molecular flexibility index (Phi) is 6.50. The number of nitrogens with zero attached hydrogens (tertiary/aromatic N) is 2. The van der Waals surface area contributed by atoms with E-state index in [2.05, 4.69) is 10.3 Å². The van der Waals surface area contributed by atoms with Crippen molar-refractivity contribution in [3.8, 4) is 10.6 Å². The quantitative estimate of drug-likeness (QED) is 0.543. The molecule has 0 saturated carbocycles. The van der Waals surface area contributed by atoms with Crippen molar-refractivity contribution in [2.24, 2.45) is 5.92 Å². The van der Waals surface area contributed by atoms with Crippen LogP contribution in [0.4, 0.5) is 5.13 Å². The summed E-state index contributed by atoms with van der Waals surface area (Å²) in [6.07, 6.45) is 1.79. The molecule has 1 aliphatic heterocycles. The van der Waals surface area contributed by atoms with Crippen LogP contribution < -0.4 is 5.32 Å². The summed E-state index contributed by atoms with van der Waals surface area (Å²) in [6.45, 7) is 0.365. The van der Waals surface area contributed by atoms with E-state index < -0.39 is 19.9 Å². The molecule has 1 saturated heterocycles. The lowest BCUT2D eigenvalue weighted by molar-refractivity contribution is -0.120. The average molecular weight is 512 g/mol. The van der Waals surface area contributed by atoms with Crippen LogP contribution in [0.5, 0.6) is 0 Å². The van der Waals surface area contributed by atoms with E-state index in [0.717, 1.165) is 16.8 Å². The smallest absolute Gasteiger partial charge is 0.243 e. The standard InChI is InChI=1S/C20H21N3O5S4/c1-31(25,26)15-4-2-5-16(12-15)32(27,28)23-9-7-14(8-10-23)19(24)22-20-21-17(13-30-20)18-6-3-11-29-18/h2-6,11-14H,7-10H2,1H3,(H,21,22,24). The number of anilines is 1. The van der Waals surface area contributed by atoms with Gasteiger partial charge in [0.2, 0.25) is 15.9 Å². The summed E-state index contributed by atoms with van der Waals surface area (Å²) >= 11 is 2.93. The molecule has 1 aromatic carbocycles. The van der Waals surface area contributed by atoms with Crippen molar-refractivity contribution in [3.63, 3.8) is 0 Å². The fraction of sp³-hybridized carbons (Fsp3) is 0.300. The minimum absolute atomic E-state index is 0.0433. The van der Waals surface area contributed by atoms with E-state index in [1.54, 1.807) is 11.3 Å². The molecule has 1 amide bonds. The first kappa shape index (κ1) is 23.1. The molecule has 1 aliphatic rings. The maximum atomic E-state index is 13.0. The molecule has 0 unspecified atom stereocenters. The van der Waals surface area contributed by atoms with Gasteiger partial charge in [-0.3, -0.25) is 4.79 Å². The zero-order chi connectivity index (χ0) is 22.9. The number of carbonyl (C=O) groups excluding carboxylic acids is 1. The molecule has 32 heavy (non-hydrogen) atoms. The summed E-state index contributed by atoms with van der Waals surface area (Å²) in [5, 5.41) is 7.22. The van der Waals surface area contributed by atoms with Gasteiger partial charge in [0, 0.05) is 30.6 Å². The topological polar surface area (TPSA) is 114 Å². The van der Waals surface area contributed by atoms with E-state index in [9.17, 15) is 21.6 Å². The highest BCUT2D eigenvalue weighted by atomic mass is 32.2. The van der Waals surface area contributed by atoms with Gasteiger partial charge in [-0.15, -0.1) is 22.7 Å². The van der Waals surface area contributed by atoms with Crippen LogP contribution in [0.25, 0.3) is 10.6 Å². The molecular formula is C20H21N3O5S4. The Morgan fingerprint density at radius 1 is 1.06 bits per heavy atom. The van der Waals surface area contributed by atoms with Gasteiger partial charge in [-0.25, -0.2) is 21.8 Å². The third-order valence-electron chi connectivity index (χ3n) is 5.20. The first-order valence-corrected chi connectivity index (χ1v) is 14.8. The summed E-state index contributed by atoms with van der Waals surface area (Å²) in [6, 6.07) is 9.26. The number of piperidine rings is 1. The molecule has 3 heterocycles. The van der Waals surface area contributed by atoms with Gasteiger partial charge < -0.3 is 5.32 Å².